The van der Waals surface area contributed by atoms with Crippen LogP contribution in [0.5, 0.6) is 0 Å². The first-order chi connectivity index (χ1) is 26.6. The van der Waals surface area contributed by atoms with Crippen molar-refractivity contribution < 1.29 is 23.8 Å². The molecule has 0 aromatic carbocycles. The zero-order valence-electron chi connectivity index (χ0n) is 34.7. The minimum absolute atomic E-state index is 0.0296. The van der Waals surface area contributed by atoms with E-state index in [1.807, 2.05) is 6.08 Å². The average Bonchev–Trinajstić information content (AvgIpc) is 3.17. The summed E-state index contributed by atoms with van der Waals surface area (Å²) in [4.78, 5) is 24.9. The number of esters is 2. The van der Waals surface area contributed by atoms with Crippen molar-refractivity contribution in [3.8, 4) is 0 Å². The van der Waals surface area contributed by atoms with E-state index < -0.39 is 6.10 Å². The van der Waals surface area contributed by atoms with E-state index in [0.717, 1.165) is 103 Å². The van der Waals surface area contributed by atoms with Crippen LogP contribution in [0.1, 0.15) is 162 Å². The molecule has 54 heavy (non-hydrogen) atoms. The molecule has 0 radical (unpaired) electrons. The molecule has 0 fully saturated rings. The van der Waals surface area contributed by atoms with Gasteiger partial charge in [-0.05, 0) is 89.9 Å². The predicted molar refractivity (Wildman–Crippen MR) is 233 cm³/mol. The maximum atomic E-state index is 12.5. The van der Waals surface area contributed by atoms with Gasteiger partial charge in [0.25, 0.3) is 0 Å². The molecule has 0 bridgehead atoms. The molecule has 1 atom stereocenters. The molecule has 0 aromatic rings. The average molecular weight is 747 g/mol. The Morgan fingerprint density at radius 2 is 0.870 bits per heavy atom. The van der Waals surface area contributed by atoms with Gasteiger partial charge < -0.3 is 14.2 Å². The summed E-state index contributed by atoms with van der Waals surface area (Å²) in [5.74, 6) is -0.531. The molecule has 0 aliphatic carbocycles. The zero-order valence-corrected chi connectivity index (χ0v) is 34.7. The normalized spacial score (nSPS) is 13.3. The van der Waals surface area contributed by atoms with Gasteiger partial charge in [-0.25, -0.2) is 0 Å². The fourth-order valence-electron chi connectivity index (χ4n) is 5.19. The van der Waals surface area contributed by atoms with Gasteiger partial charge in [-0.2, -0.15) is 0 Å². The summed E-state index contributed by atoms with van der Waals surface area (Å²) in [5, 5.41) is 0. The summed E-state index contributed by atoms with van der Waals surface area (Å²) in [6, 6.07) is 0. The van der Waals surface area contributed by atoms with Gasteiger partial charge in [-0.15, -0.1) is 0 Å². The Morgan fingerprint density at radius 3 is 1.39 bits per heavy atom. The molecule has 5 heteroatoms. The van der Waals surface area contributed by atoms with E-state index in [-0.39, 0.29) is 25.2 Å². The van der Waals surface area contributed by atoms with Crippen LogP contribution in [0.4, 0.5) is 0 Å². The van der Waals surface area contributed by atoms with Crippen LogP contribution in [0, 0.1) is 0 Å². The lowest BCUT2D eigenvalue weighted by atomic mass is 10.1. The molecule has 1 unspecified atom stereocenters. The van der Waals surface area contributed by atoms with E-state index in [1.54, 1.807) is 0 Å². The van der Waals surface area contributed by atoms with Crippen molar-refractivity contribution in [2.24, 2.45) is 0 Å². The first kappa shape index (κ1) is 50.6. The molecule has 0 saturated heterocycles. The third-order valence-electron chi connectivity index (χ3n) is 8.32. The van der Waals surface area contributed by atoms with E-state index in [2.05, 4.69) is 124 Å². The van der Waals surface area contributed by atoms with Crippen molar-refractivity contribution in [2.75, 3.05) is 19.8 Å². The van der Waals surface area contributed by atoms with Crippen LogP contribution in [0.3, 0.4) is 0 Å². The molecule has 0 N–H and O–H groups in total. The van der Waals surface area contributed by atoms with Crippen LogP contribution >= 0.6 is 0 Å². The Labute approximate surface area is 332 Å². The Kier molecular flexibility index (Phi) is 41.2. The van der Waals surface area contributed by atoms with E-state index >= 15 is 0 Å². The lowest BCUT2D eigenvalue weighted by molar-refractivity contribution is -0.162. The van der Waals surface area contributed by atoms with E-state index in [9.17, 15) is 9.59 Å². The van der Waals surface area contributed by atoms with Crippen molar-refractivity contribution in [3.63, 3.8) is 0 Å². The third kappa shape index (κ3) is 41.3. The van der Waals surface area contributed by atoms with Gasteiger partial charge in [0, 0.05) is 19.4 Å². The number of carbonyl (C=O) groups is 2. The molecular formula is C49H78O5. The summed E-state index contributed by atoms with van der Waals surface area (Å²) in [6.07, 6.45) is 59.9. The monoisotopic (exact) mass is 747 g/mol. The molecule has 0 heterocycles. The standard InChI is InChI=1S/C49H78O5/c1-4-7-10-13-15-17-19-21-22-23-24-25-26-27-29-31-33-35-38-41-44-52-45-47(54-49(51)43-40-36-12-9-6-3)46-53-48(50)42-39-37-34-32-30-28-20-18-16-14-11-8-5-2/h7-8,10-11,15-18,21-22,24-25,27-30,34,37,47H,4-6,9,12-14,19-20,23,26,31-33,35-36,38-46H2,1-3H3/b10-7-,11-8-,17-15-,18-16-,22-21-,25-24-,29-27-,30-28-,37-34-. The summed E-state index contributed by atoms with van der Waals surface area (Å²) in [6.45, 7) is 7.35. The second-order valence-electron chi connectivity index (χ2n) is 13.5. The van der Waals surface area contributed by atoms with Crippen LogP contribution in [0.25, 0.3) is 0 Å². The minimum Gasteiger partial charge on any atom is -0.462 e. The maximum absolute atomic E-state index is 12.5. The fraction of sp³-hybridized carbons (Fsp3) is 0.592. The zero-order chi connectivity index (χ0) is 39.3. The van der Waals surface area contributed by atoms with E-state index in [4.69, 9.17) is 14.2 Å². The van der Waals surface area contributed by atoms with Gasteiger partial charge in [0.05, 0.1) is 6.61 Å². The van der Waals surface area contributed by atoms with Gasteiger partial charge in [0.1, 0.15) is 6.61 Å². The van der Waals surface area contributed by atoms with Crippen molar-refractivity contribution in [1.29, 1.82) is 0 Å². The van der Waals surface area contributed by atoms with Crippen LogP contribution in [0.15, 0.2) is 109 Å². The van der Waals surface area contributed by atoms with Gasteiger partial charge in [0.15, 0.2) is 6.10 Å². The second kappa shape index (κ2) is 44.0. The smallest absolute Gasteiger partial charge is 0.306 e. The van der Waals surface area contributed by atoms with Crippen molar-refractivity contribution in [1.82, 2.24) is 0 Å². The predicted octanol–water partition coefficient (Wildman–Crippen LogP) is 14.1. The highest BCUT2D eigenvalue weighted by Crippen LogP contribution is 2.09. The van der Waals surface area contributed by atoms with Crippen molar-refractivity contribution in [2.45, 2.75) is 168 Å². The second-order valence-corrected chi connectivity index (χ2v) is 13.5. The Morgan fingerprint density at radius 1 is 0.426 bits per heavy atom. The summed E-state index contributed by atoms with van der Waals surface area (Å²) < 4.78 is 17.1. The third-order valence-corrected chi connectivity index (χ3v) is 8.32. The Bertz CT molecular complexity index is 1120. The first-order valence-electron chi connectivity index (χ1n) is 21.4. The molecule has 0 rings (SSSR count). The summed E-state index contributed by atoms with van der Waals surface area (Å²) in [7, 11) is 0. The van der Waals surface area contributed by atoms with E-state index in [0.29, 0.717) is 25.9 Å². The van der Waals surface area contributed by atoms with Crippen molar-refractivity contribution >= 4 is 11.9 Å². The maximum Gasteiger partial charge on any atom is 0.306 e. The molecule has 0 amide bonds. The summed E-state index contributed by atoms with van der Waals surface area (Å²) in [5.41, 5.74) is 0. The van der Waals surface area contributed by atoms with Gasteiger partial charge in [0.2, 0.25) is 0 Å². The Hall–Kier alpha value is -3.44. The molecule has 0 aliphatic heterocycles. The van der Waals surface area contributed by atoms with Crippen LogP contribution in [0.2, 0.25) is 0 Å². The highest BCUT2D eigenvalue weighted by Gasteiger charge is 2.17. The van der Waals surface area contributed by atoms with Crippen molar-refractivity contribution in [3.05, 3.63) is 109 Å². The van der Waals surface area contributed by atoms with Gasteiger partial charge in [-0.1, -0.05) is 169 Å². The first-order valence-corrected chi connectivity index (χ1v) is 21.4. The molecular weight excluding hydrogens is 669 g/mol. The quantitative estimate of drug-likeness (QED) is 0.0360. The highest BCUT2D eigenvalue weighted by molar-refractivity contribution is 5.70. The van der Waals surface area contributed by atoms with E-state index in [1.165, 1.54) is 19.3 Å². The number of hydrogen-bond donors (Lipinski definition) is 0. The van der Waals surface area contributed by atoms with Gasteiger partial charge >= 0.3 is 11.9 Å². The fourth-order valence-corrected chi connectivity index (χ4v) is 5.19. The number of hydrogen-bond acceptors (Lipinski definition) is 5. The molecule has 5 nitrogen and oxygen atoms in total. The SMILES string of the molecule is CC/C=C\C/C=C\C/C=C\C/C=C\C/C=C\CCCCCCOCC(COC(=O)CC/C=C\C/C=C\C/C=C\C/C=C\CC)OC(=O)CCCCCCC. The van der Waals surface area contributed by atoms with Crippen LogP contribution in [-0.2, 0) is 23.8 Å². The lowest BCUT2D eigenvalue weighted by Gasteiger charge is -2.18. The largest absolute Gasteiger partial charge is 0.462 e. The number of rotatable bonds is 37. The lowest BCUT2D eigenvalue weighted by Crippen LogP contribution is -2.30. The highest BCUT2D eigenvalue weighted by atomic mass is 16.6. The molecule has 0 spiro atoms. The van der Waals surface area contributed by atoms with Gasteiger partial charge in [-0.3, -0.25) is 9.59 Å². The molecule has 0 aromatic heterocycles. The number of carbonyl (C=O) groups excluding carboxylic acids is 2. The topological polar surface area (TPSA) is 61.8 Å². The summed E-state index contributed by atoms with van der Waals surface area (Å²) >= 11 is 0. The Balaban J connectivity index is 4.24. The minimum atomic E-state index is -0.579. The van der Waals surface area contributed by atoms with Crippen LogP contribution < -0.4 is 0 Å². The number of ether oxygens (including phenoxy) is 3. The number of unbranched alkanes of at least 4 members (excludes halogenated alkanes) is 8. The molecule has 0 saturated carbocycles. The molecule has 304 valence electrons. The van der Waals surface area contributed by atoms with Crippen LogP contribution in [-0.4, -0.2) is 37.9 Å². The molecule has 0 aliphatic rings. The number of allylic oxidation sites excluding steroid dienone is 18.